The second kappa shape index (κ2) is 6.52. The van der Waals surface area contributed by atoms with Crippen LogP contribution >= 0.6 is 6.88 Å². The number of rotatable bonds is 1. The van der Waals surface area contributed by atoms with Crippen molar-refractivity contribution in [2.75, 3.05) is 0 Å². The van der Waals surface area contributed by atoms with E-state index in [4.69, 9.17) is 0 Å². The molecule has 0 N–H and O–H groups in total. The van der Waals surface area contributed by atoms with Crippen molar-refractivity contribution in [3.63, 3.8) is 0 Å². The normalized spacial score (nSPS) is 7.00. The molecule has 0 heterocycles. The zero-order valence-electron chi connectivity index (χ0n) is 3.18. The zero-order chi connectivity index (χ0) is 4.28. The minimum atomic E-state index is -0.174. The number of carbonyl (C=O) groups is 1. The molecule has 0 fully saturated rings. The average Bonchev–Trinajstić information content (AvgIpc) is 1.38. The Balaban J connectivity index is 0. The molecule has 0 aliphatic heterocycles. The molecule has 6 heavy (non-hydrogen) atoms. The van der Waals surface area contributed by atoms with Crippen molar-refractivity contribution in [1.29, 1.82) is 0 Å². The number of hydrogen-bond acceptors (Lipinski definition) is 1. The van der Waals surface area contributed by atoms with Crippen LogP contribution in [0.2, 0.25) is 0 Å². The molecule has 1 atom stereocenters. The van der Waals surface area contributed by atoms with Gasteiger partial charge < -0.3 is 0 Å². The van der Waals surface area contributed by atoms with Gasteiger partial charge in [0.15, 0.2) is 0 Å². The van der Waals surface area contributed by atoms with Crippen LogP contribution in [0, 0.1) is 0 Å². The van der Waals surface area contributed by atoms with Crippen molar-refractivity contribution in [3.05, 3.63) is 0 Å². The molecule has 0 spiro atoms. The van der Waals surface area contributed by atoms with Gasteiger partial charge in [-0.25, -0.2) is 0 Å². The van der Waals surface area contributed by atoms with E-state index in [1.54, 1.807) is 6.92 Å². The number of carbonyl (C=O) groups excluding carboxylic acids is 1. The summed E-state index contributed by atoms with van der Waals surface area (Å²) in [5, 5.41) is 0. The van der Waals surface area contributed by atoms with Gasteiger partial charge in [0.2, 0.25) is 0 Å². The summed E-state index contributed by atoms with van der Waals surface area (Å²) in [6, 6.07) is 0. The van der Waals surface area contributed by atoms with Gasteiger partial charge >= 0.3 is 43.0 Å². The molecule has 0 aromatic heterocycles. The van der Waals surface area contributed by atoms with Gasteiger partial charge in [-0.05, 0) is 0 Å². The molecule has 4 heteroatoms. The summed E-state index contributed by atoms with van der Waals surface area (Å²) < 4.78 is 0.328. The van der Waals surface area contributed by atoms with E-state index in [2.05, 4.69) is 6.88 Å². The molecule has 1 nitrogen and oxygen atoms in total. The first-order valence-corrected chi connectivity index (χ1v) is 6.36. The zero-order valence-corrected chi connectivity index (χ0v) is 8.76. The maximum absolute atomic E-state index is 9.84. The largest absolute Gasteiger partial charge is 0 e. The van der Waals surface area contributed by atoms with Crippen LogP contribution in [0.5, 0.6) is 0 Å². The number of halogens is 1. The topological polar surface area (TPSA) is 17.1 Å². The Morgan fingerprint density at radius 2 is 2.00 bits per heavy atom. The van der Waals surface area contributed by atoms with E-state index in [1.807, 2.05) is 0 Å². The molecule has 0 radical (unpaired) electrons. The molecule has 0 aliphatic carbocycles. The van der Waals surface area contributed by atoms with Crippen LogP contribution in [0.25, 0.3) is 0 Å². The van der Waals surface area contributed by atoms with Gasteiger partial charge in [0.25, 0.3) is 0 Å². The Bertz CT molecular complexity index is 48.8. The fourth-order valence-corrected chi connectivity index (χ4v) is 0. The van der Waals surface area contributed by atoms with Gasteiger partial charge in [0.05, 0.1) is 0 Å². The van der Waals surface area contributed by atoms with Crippen LogP contribution in [0.3, 0.4) is 0 Å². The fourth-order valence-electron chi connectivity index (χ4n) is 0. The quantitative estimate of drug-likeness (QED) is 0.270. The monoisotopic (exact) mass is 398 g/mol. The van der Waals surface area contributed by atoms with Crippen LogP contribution in [-0.2, 0) is 25.9 Å². The summed E-state index contributed by atoms with van der Waals surface area (Å²) in [6.07, 6.45) is 0. The van der Waals surface area contributed by atoms with Crippen molar-refractivity contribution in [1.82, 2.24) is 0 Å². The number of hydrogen-bond donors (Lipinski definition) is 0. The summed E-state index contributed by atoms with van der Waals surface area (Å²) in [5.74, 6) is 0. The maximum atomic E-state index is 9.84. The van der Waals surface area contributed by atoms with E-state index in [-0.39, 0.29) is 41.7 Å². The van der Waals surface area contributed by atoms with Crippen molar-refractivity contribution in [2.24, 2.45) is 0 Å². The summed E-state index contributed by atoms with van der Waals surface area (Å²) in [6.45, 7) is 4.07. The van der Waals surface area contributed by atoms with Gasteiger partial charge in [0.1, 0.15) is 0 Å². The Morgan fingerprint density at radius 1 is 1.83 bits per heavy atom. The predicted octanol–water partition coefficient (Wildman–Crippen LogP) is -2.59. The molecular formula is C2H5IOPPt-. The SMILES string of the molecule is CC(=O)[I-]P.[Pt]. The molecule has 0 saturated heterocycles. The van der Waals surface area contributed by atoms with Gasteiger partial charge in [-0.1, -0.05) is 0 Å². The third-order valence-electron chi connectivity index (χ3n) is 0.154. The third-order valence-corrected chi connectivity index (χ3v) is 3.09. The van der Waals surface area contributed by atoms with E-state index in [0.717, 1.165) is 0 Å². The standard InChI is InChI=1S/C2H5IOP.Pt/c1-2(4)3-5;/h5H2,1H3;/q-1;. The van der Waals surface area contributed by atoms with Crippen LogP contribution in [0.4, 0.5) is 0 Å². The Morgan fingerprint density at radius 3 is 2.00 bits per heavy atom. The van der Waals surface area contributed by atoms with Crippen LogP contribution in [0.15, 0.2) is 0 Å². The van der Waals surface area contributed by atoms with Crippen LogP contribution in [-0.4, -0.2) is 3.79 Å². The molecule has 0 aliphatic rings. The minimum Gasteiger partial charge on any atom is 0 e. The Kier molecular flexibility index (Phi) is 11.4. The molecule has 0 rings (SSSR count). The van der Waals surface area contributed by atoms with E-state index in [9.17, 15) is 4.79 Å². The second-order valence-corrected chi connectivity index (χ2v) is 4.19. The second-order valence-electron chi connectivity index (χ2n) is 0.579. The van der Waals surface area contributed by atoms with Gasteiger partial charge in [0, 0.05) is 21.1 Å². The van der Waals surface area contributed by atoms with Crippen molar-refractivity contribution in [2.45, 2.75) is 6.92 Å². The van der Waals surface area contributed by atoms with E-state index < -0.39 is 0 Å². The molecule has 0 saturated carbocycles. The molecule has 0 aromatic carbocycles. The van der Waals surface area contributed by atoms with E-state index in [0.29, 0.717) is 3.79 Å². The smallest absolute Gasteiger partial charge is 0 e. The molecule has 0 bridgehead atoms. The van der Waals surface area contributed by atoms with Gasteiger partial charge in [-0.3, -0.25) is 0 Å². The summed E-state index contributed by atoms with van der Waals surface area (Å²) >= 11 is -0.174. The van der Waals surface area contributed by atoms with Crippen molar-refractivity contribution < 1.29 is 46.5 Å². The molecule has 42 valence electrons. The van der Waals surface area contributed by atoms with Crippen LogP contribution in [0.1, 0.15) is 6.92 Å². The molecule has 0 amide bonds. The first-order valence-electron chi connectivity index (χ1n) is 1.11. The summed E-state index contributed by atoms with van der Waals surface area (Å²) in [4.78, 5) is 9.84. The molecule has 0 aromatic rings. The fraction of sp³-hybridized carbons (Fsp3) is 0.500. The Labute approximate surface area is 63.7 Å². The van der Waals surface area contributed by atoms with E-state index in [1.165, 1.54) is 0 Å². The van der Waals surface area contributed by atoms with Gasteiger partial charge in [-0.2, -0.15) is 0 Å². The predicted molar refractivity (Wildman–Crippen MR) is 20.4 cm³/mol. The van der Waals surface area contributed by atoms with Crippen molar-refractivity contribution in [3.8, 4) is 0 Å². The van der Waals surface area contributed by atoms with Crippen molar-refractivity contribution >= 4 is 10.7 Å². The van der Waals surface area contributed by atoms with E-state index >= 15 is 0 Å². The summed E-state index contributed by atoms with van der Waals surface area (Å²) in [7, 11) is 0. The van der Waals surface area contributed by atoms with Gasteiger partial charge in [-0.15, -0.1) is 0 Å². The maximum Gasteiger partial charge on any atom is 0 e. The third kappa shape index (κ3) is 9.10. The van der Waals surface area contributed by atoms with Crippen LogP contribution < -0.4 is 20.7 Å². The average molecular weight is 398 g/mol. The minimum absolute atomic E-state index is 0. The summed E-state index contributed by atoms with van der Waals surface area (Å²) in [5.41, 5.74) is 0. The first-order chi connectivity index (χ1) is 2.27. The Hall–Kier alpha value is 1.52. The first kappa shape index (κ1) is 10.5. The molecular weight excluding hydrogens is 393 g/mol. The molecule has 1 unspecified atom stereocenters.